The monoisotopic (exact) mass is 602 g/mol. The van der Waals surface area contributed by atoms with Crippen LogP contribution >= 0.6 is 21.6 Å². The van der Waals surface area contributed by atoms with E-state index in [0.29, 0.717) is 0 Å². The summed E-state index contributed by atoms with van der Waals surface area (Å²) in [5.74, 6) is -3.62. The number of rotatable bonds is 8. The van der Waals surface area contributed by atoms with Crippen LogP contribution in [0.1, 0.15) is 20.7 Å². The Balaban J connectivity index is 0. The number of carbonyl (C=O) groups excluding carboxylic acids is 2. The zero-order chi connectivity index (χ0) is 26.4. The van der Waals surface area contributed by atoms with E-state index in [2.05, 4.69) is 0 Å². The van der Waals surface area contributed by atoms with Crippen molar-refractivity contribution in [3.63, 3.8) is 0 Å². The van der Waals surface area contributed by atoms with Gasteiger partial charge in [-0.05, 0) is 24.3 Å². The topological polar surface area (TPSA) is 275 Å². The van der Waals surface area contributed by atoms with Crippen molar-refractivity contribution < 1.29 is 115 Å². The quantitative estimate of drug-likeness (QED) is 0.0934. The molecule has 0 saturated carbocycles. The van der Waals surface area contributed by atoms with Gasteiger partial charge in [0.15, 0.2) is 0 Å². The van der Waals surface area contributed by atoms with Crippen molar-refractivity contribution >= 4 is 63.2 Å². The maximum absolute atomic E-state index is 10.6. The predicted molar refractivity (Wildman–Crippen MR) is 110 cm³/mol. The molecule has 36 heavy (non-hydrogen) atoms. The maximum Gasteiger partial charge on any atom is 1.00 e. The Bertz CT molecular complexity index is 1280. The molecule has 16 nitrogen and oxygen atoms in total. The molecule has 2 aromatic rings. The molecule has 0 aromatic heterocycles. The number of nitro benzene ring substituents is 2. The summed E-state index contributed by atoms with van der Waals surface area (Å²) >= 11 is 0. The van der Waals surface area contributed by atoms with Crippen molar-refractivity contribution in [3.05, 3.63) is 67.8 Å². The Morgan fingerprint density at radius 1 is 0.694 bits per heavy atom. The van der Waals surface area contributed by atoms with E-state index in [1.54, 1.807) is 0 Å². The molecule has 2 aromatic carbocycles. The average molecular weight is 602 g/mol. The van der Waals surface area contributed by atoms with Crippen molar-refractivity contribution in [2.75, 3.05) is 0 Å². The predicted octanol–water partition coefficient (Wildman–Crippen LogP) is -6.29. The normalized spacial score (nSPS) is 10.5. The molecule has 184 valence electrons. The van der Waals surface area contributed by atoms with E-state index in [4.69, 9.17) is 9.11 Å². The fourth-order valence-electron chi connectivity index (χ4n) is 2.02. The van der Waals surface area contributed by atoms with E-state index in [0.717, 1.165) is 36.4 Å². The average Bonchev–Trinajstić information content (AvgIpc) is 2.65. The van der Waals surface area contributed by atoms with Crippen LogP contribution in [-0.2, 0) is 18.3 Å². The van der Waals surface area contributed by atoms with Crippen molar-refractivity contribution in [1.82, 2.24) is 0 Å². The fourth-order valence-corrected chi connectivity index (χ4v) is 5.17. The number of hydrogen-bond donors (Lipinski definition) is 2. The van der Waals surface area contributed by atoms with Crippen LogP contribution in [0, 0.1) is 20.2 Å². The van der Waals surface area contributed by atoms with Crippen LogP contribution in [0.15, 0.2) is 46.2 Å². The first-order chi connectivity index (χ1) is 15.4. The maximum atomic E-state index is 10.6. The molecular weight excluding hydrogens is 594 g/mol. The first kappa shape index (κ1) is 36.9. The molecule has 0 heterocycles. The molecule has 0 fully saturated rings. The molecule has 2 N–H and O–H groups in total. The first-order valence-electron chi connectivity index (χ1n) is 7.74. The van der Waals surface area contributed by atoms with Crippen LogP contribution in [0.3, 0.4) is 0 Å². The van der Waals surface area contributed by atoms with Crippen LogP contribution in [0.25, 0.3) is 0 Å². The van der Waals surface area contributed by atoms with E-state index in [-0.39, 0.29) is 90.5 Å². The minimum Gasteiger partial charge on any atom is -0.545 e. The molecule has 0 saturated heterocycles. The summed E-state index contributed by atoms with van der Waals surface area (Å²) in [5, 5.41) is 42.1. The van der Waals surface area contributed by atoms with Crippen LogP contribution in [0.5, 0.6) is 0 Å². The van der Waals surface area contributed by atoms with Crippen molar-refractivity contribution in [3.8, 4) is 0 Å². The number of benzene rings is 2. The van der Waals surface area contributed by atoms with Gasteiger partial charge in [0.05, 0.1) is 32.9 Å². The summed E-state index contributed by atoms with van der Waals surface area (Å²) in [5.41, 5.74) is -2.96. The SMILES string of the molecule is O=C([O-])c1cc(SS(=O)(=O)O)ccc1[N+](=O)[O-].O=C([O-])c1cc(SS(=O)(=O)O)ccc1[N+](=O)[O-].[Na+].[Na+]. The fraction of sp³-hybridized carbons (Fsp3) is 0. The van der Waals surface area contributed by atoms with Gasteiger partial charge < -0.3 is 19.8 Å². The molecule has 0 spiro atoms. The van der Waals surface area contributed by atoms with Crippen LogP contribution < -0.4 is 69.3 Å². The second-order valence-electron chi connectivity index (χ2n) is 5.47. The summed E-state index contributed by atoms with van der Waals surface area (Å²) in [4.78, 5) is 39.9. The van der Waals surface area contributed by atoms with Gasteiger partial charge in [0.2, 0.25) is 0 Å². The molecule has 0 unspecified atom stereocenters. The van der Waals surface area contributed by atoms with Gasteiger partial charge in [0.25, 0.3) is 11.4 Å². The van der Waals surface area contributed by atoms with Gasteiger partial charge >= 0.3 is 77.4 Å². The first-order valence-corrected chi connectivity index (χ1v) is 13.3. The number of nitro groups is 2. The third kappa shape index (κ3) is 12.8. The van der Waals surface area contributed by atoms with E-state index in [1.807, 2.05) is 0 Å². The minimum atomic E-state index is -4.42. The second kappa shape index (κ2) is 15.2. The molecule has 0 atom stereocenters. The zero-order valence-electron chi connectivity index (χ0n) is 17.8. The summed E-state index contributed by atoms with van der Waals surface area (Å²) < 4.78 is 59.1. The largest absolute Gasteiger partial charge is 1.00 e. The number of aromatic carboxylic acids is 2. The Morgan fingerprint density at radius 3 is 1.17 bits per heavy atom. The third-order valence-corrected chi connectivity index (χ3v) is 6.90. The van der Waals surface area contributed by atoms with Crippen LogP contribution in [0.2, 0.25) is 0 Å². The molecule has 0 aliphatic heterocycles. The van der Waals surface area contributed by atoms with Gasteiger partial charge in [-0.3, -0.25) is 29.3 Å². The summed E-state index contributed by atoms with van der Waals surface area (Å²) in [6, 6.07) is 5.13. The number of hydrogen-bond acceptors (Lipinski definition) is 14. The van der Waals surface area contributed by atoms with E-state index in [1.165, 1.54) is 0 Å². The van der Waals surface area contributed by atoms with Gasteiger partial charge in [-0.15, -0.1) is 0 Å². The molecule has 2 rings (SSSR count). The van der Waals surface area contributed by atoms with Crippen LogP contribution in [-0.4, -0.2) is 47.7 Å². The van der Waals surface area contributed by atoms with Crippen molar-refractivity contribution in [1.29, 1.82) is 0 Å². The van der Waals surface area contributed by atoms with E-state index >= 15 is 0 Å². The smallest absolute Gasteiger partial charge is 0.545 e. The number of carboxylic acids is 2. The van der Waals surface area contributed by atoms with E-state index < -0.39 is 62.6 Å². The number of carbonyl (C=O) groups is 2. The number of nitrogens with zero attached hydrogens (tertiary/aromatic N) is 2. The molecule has 0 aliphatic carbocycles. The molecule has 0 radical (unpaired) electrons. The van der Waals surface area contributed by atoms with Gasteiger partial charge in [0.1, 0.15) is 0 Å². The van der Waals surface area contributed by atoms with Crippen molar-refractivity contribution in [2.45, 2.75) is 9.79 Å². The Hall–Kier alpha value is -1.30. The summed E-state index contributed by atoms with van der Waals surface area (Å²) in [6.07, 6.45) is 0. The molecular formula is C14H8N2Na2O14S4. The van der Waals surface area contributed by atoms with Gasteiger partial charge in [0, 0.05) is 43.5 Å². The molecule has 0 bridgehead atoms. The summed E-state index contributed by atoms with van der Waals surface area (Å²) in [6.45, 7) is 0. The second-order valence-corrected chi connectivity index (χ2v) is 12.0. The zero-order valence-corrected chi connectivity index (χ0v) is 25.1. The Labute approximate surface area is 253 Å². The van der Waals surface area contributed by atoms with Gasteiger partial charge in [-0.25, -0.2) is 0 Å². The molecule has 0 aliphatic rings. The molecule has 0 amide bonds. The summed E-state index contributed by atoms with van der Waals surface area (Å²) in [7, 11) is -8.90. The van der Waals surface area contributed by atoms with E-state index in [9.17, 15) is 56.9 Å². The Kier molecular flexibility index (Phi) is 15.6. The standard InChI is InChI=1S/2C7H5NO7S2.2Na/c2*9-7(10)5-3-4(16-17(13,14)15)1-2-6(5)8(11)12;;/h2*1-3H,(H,9,10)(H,13,14,15);;/q;;2*+1/p-2. The molecule has 22 heteroatoms. The number of carboxylic acid groups (broad SMARTS) is 2. The minimum absolute atomic E-state index is 0. The third-order valence-electron chi connectivity index (χ3n) is 3.17. The van der Waals surface area contributed by atoms with Gasteiger partial charge in [-0.2, -0.15) is 16.8 Å². The van der Waals surface area contributed by atoms with Gasteiger partial charge in [-0.1, -0.05) is 0 Å². The van der Waals surface area contributed by atoms with Crippen molar-refractivity contribution in [2.24, 2.45) is 0 Å². The van der Waals surface area contributed by atoms with Crippen LogP contribution in [0.4, 0.5) is 11.4 Å². The Morgan fingerprint density at radius 2 is 0.972 bits per heavy atom.